The maximum absolute atomic E-state index is 12.8. The summed E-state index contributed by atoms with van der Waals surface area (Å²) in [6, 6.07) is 4.04. The minimum absolute atomic E-state index is 0.171. The zero-order valence-electron chi connectivity index (χ0n) is 13.1. The molecular formula is C15H21F3N2O2. The molecule has 0 fully saturated rings. The molecule has 4 nitrogen and oxygen atoms in total. The average molecular weight is 318 g/mol. The standard InChI is InChI=1S/C15H21F3N2O2/c1-10-5-6-11(9-12(10)15(16,17)18)19-7-8-20-13(21)22-14(2,3)4/h5-6,9,19H,7-8H2,1-4H3,(H,20,21). The van der Waals surface area contributed by atoms with Crippen LogP contribution < -0.4 is 10.6 Å². The van der Waals surface area contributed by atoms with Gasteiger partial charge in [-0.3, -0.25) is 0 Å². The molecular weight excluding hydrogens is 297 g/mol. The number of alkyl halides is 3. The lowest BCUT2D eigenvalue weighted by atomic mass is 10.1. The van der Waals surface area contributed by atoms with Crippen molar-refractivity contribution < 1.29 is 22.7 Å². The molecule has 0 aromatic heterocycles. The number of hydrogen-bond acceptors (Lipinski definition) is 3. The molecule has 1 aromatic carbocycles. The van der Waals surface area contributed by atoms with E-state index in [0.29, 0.717) is 12.2 Å². The fourth-order valence-electron chi connectivity index (χ4n) is 1.72. The van der Waals surface area contributed by atoms with E-state index >= 15 is 0 Å². The van der Waals surface area contributed by atoms with Gasteiger partial charge in [0.25, 0.3) is 0 Å². The Kier molecular flexibility index (Phi) is 5.68. The van der Waals surface area contributed by atoms with Crippen LogP contribution in [0.3, 0.4) is 0 Å². The highest BCUT2D eigenvalue weighted by molar-refractivity contribution is 5.67. The molecule has 1 aromatic rings. The predicted molar refractivity (Wildman–Crippen MR) is 78.9 cm³/mol. The van der Waals surface area contributed by atoms with Gasteiger partial charge >= 0.3 is 12.3 Å². The molecule has 7 heteroatoms. The van der Waals surface area contributed by atoms with Crippen molar-refractivity contribution in [2.24, 2.45) is 0 Å². The van der Waals surface area contributed by atoms with Crippen molar-refractivity contribution in [3.8, 4) is 0 Å². The fraction of sp³-hybridized carbons (Fsp3) is 0.533. The van der Waals surface area contributed by atoms with E-state index in [1.54, 1.807) is 26.8 Å². The smallest absolute Gasteiger partial charge is 0.416 e. The maximum Gasteiger partial charge on any atom is 0.416 e. The van der Waals surface area contributed by atoms with Gasteiger partial charge in [0.2, 0.25) is 0 Å². The van der Waals surface area contributed by atoms with Crippen LogP contribution in [0, 0.1) is 6.92 Å². The zero-order valence-corrected chi connectivity index (χ0v) is 13.1. The Balaban J connectivity index is 2.48. The largest absolute Gasteiger partial charge is 0.444 e. The van der Waals surface area contributed by atoms with E-state index in [1.165, 1.54) is 13.0 Å². The second kappa shape index (κ2) is 6.89. The number of aryl methyl sites for hydroxylation is 1. The number of benzene rings is 1. The Morgan fingerprint density at radius 2 is 1.82 bits per heavy atom. The molecule has 0 aliphatic heterocycles. The first-order valence-corrected chi connectivity index (χ1v) is 6.87. The third-order valence-electron chi connectivity index (χ3n) is 2.67. The lowest BCUT2D eigenvalue weighted by Crippen LogP contribution is -2.35. The maximum atomic E-state index is 12.8. The summed E-state index contributed by atoms with van der Waals surface area (Å²) < 4.78 is 43.4. The van der Waals surface area contributed by atoms with Crippen molar-refractivity contribution in [3.63, 3.8) is 0 Å². The lowest BCUT2D eigenvalue weighted by Gasteiger charge is -2.19. The lowest BCUT2D eigenvalue weighted by molar-refractivity contribution is -0.138. The zero-order chi connectivity index (χ0) is 17.0. The molecule has 0 saturated carbocycles. The number of alkyl carbamates (subject to hydrolysis) is 1. The van der Waals surface area contributed by atoms with E-state index in [4.69, 9.17) is 4.74 Å². The van der Waals surface area contributed by atoms with Gasteiger partial charge in [-0.25, -0.2) is 4.79 Å². The molecule has 1 rings (SSSR count). The van der Waals surface area contributed by atoms with E-state index < -0.39 is 23.4 Å². The van der Waals surface area contributed by atoms with Crippen molar-refractivity contribution in [2.45, 2.75) is 39.5 Å². The summed E-state index contributed by atoms with van der Waals surface area (Å²) in [4.78, 5) is 11.4. The van der Waals surface area contributed by atoms with Gasteiger partial charge in [0.05, 0.1) is 5.56 Å². The summed E-state index contributed by atoms with van der Waals surface area (Å²) in [6.07, 6.45) is -4.94. The number of anilines is 1. The van der Waals surface area contributed by atoms with Crippen molar-refractivity contribution in [1.82, 2.24) is 5.32 Å². The quantitative estimate of drug-likeness (QED) is 0.827. The van der Waals surface area contributed by atoms with Crippen LogP contribution in [-0.4, -0.2) is 24.8 Å². The Bertz CT molecular complexity index is 522. The van der Waals surface area contributed by atoms with Gasteiger partial charge in [0.15, 0.2) is 0 Å². The summed E-state index contributed by atoms with van der Waals surface area (Å²) in [5.74, 6) is 0. The molecule has 0 atom stereocenters. The van der Waals surface area contributed by atoms with Gasteiger partial charge in [-0.1, -0.05) is 6.07 Å². The molecule has 0 aliphatic rings. The SMILES string of the molecule is Cc1ccc(NCCNC(=O)OC(C)(C)C)cc1C(F)(F)F. The molecule has 0 radical (unpaired) electrons. The molecule has 0 heterocycles. The second-order valence-corrected chi connectivity index (χ2v) is 5.88. The number of nitrogens with one attached hydrogen (secondary N) is 2. The van der Waals surface area contributed by atoms with Crippen LogP contribution in [0.2, 0.25) is 0 Å². The number of hydrogen-bond donors (Lipinski definition) is 2. The monoisotopic (exact) mass is 318 g/mol. The van der Waals surface area contributed by atoms with Crippen LogP contribution in [0.5, 0.6) is 0 Å². The number of ether oxygens (including phenoxy) is 1. The Hall–Kier alpha value is -1.92. The number of carbonyl (C=O) groups excluding carboxylic acids is 1. The molecule has 0 aliphatic carbocycles. The third kappa shape index (κ3) is 6.24. The number of amides is 1. The Labute approximate surface area is 128 Å². The third-order valence-corrected chi connectivity index (χ3v) is 2.67. The van der Waals surface area contributed by atoms with Crippen LogP contribution in [0.25, 0.3) is 0 Å². The number of carbonyl (C=O) groups is 1. The second-order valence-electron chi connectivity index (χ2n) is 5.88. The van der Waals surface area contributed by atoms with Crippen LogP contribution in [0.15, 0.2) is 18.2 Å². The first-order chi connectivity index (χ1) is 9.99. The predicted octanol–water partition coefficient (Wildman–Crippen LogP) is 3.95. The molecule has 124 valence electrons. The van der Waals surface area contributed by atoms with Gasteiger partial charge in [-0.2, -0.15) is 13.2 Å². The molecule has 0 bridgehead atoms. The topological polar surface area (TPSA) is 50.4 Å². The van der Waals surface area contributed by atoms with E-state index in [1.807, 2.05) is 0 Å². The van der Waals surface area contributed by atoms with Crippen molar-refractivity contribution in [3.05, 3.63) is 29.3 Å². The molecule has 22 heavy (non-hydrogen) atoms. The van der Waals surface area contributed by atoms with Gasteiger partial charge in [-0.05, 0) is 45.4 Å². The first kappa shape index (κ1) is 18.1. The molecule has 0 saturated heterocycles. The minimum atomic E-state index is -4.38. The van der Waals surface area contributed by atoms with E-state index in [0.717, 1.165) is 6.07 Å². The van der Waals surface area contributed by atoms with E-state index in [-0.39, 0.29) is 12.1 Å². The normalized spacial score (nSPS) is 12.0. The van der Waals surface area contributed by atoms with Gasteiger partial charge in [0.1, 0.15) is 5.60 Å². The van der Waals surface area contributed by atoms with E-state index in [9.17, 15) is 18.0 Å². The number of halogens is 3. The minimum Gasteiger partial charge on any atom is -0.444 e. The van der Waals surface area contributed by atoms with Crippen LogP contribution in [-0.2, 0) is 10.9 Å². The summed E-state index contributed by atoms with van der Waals surface area (Å²) >= 11 is 0. The Morgan fingerprint density at radius 1 is 1.18 bits per heavy atom. The van der Waals surface area contributed by atoms with Crippen LogP contribution in [0.4, 0.5) is 23.7 Å². The van der Waals surface area contributed by atoms with Crippen LogP contribution in [0.1, 0.15) is 31.9 Å². The van der Waals surface area contributed by atoms with Gasteiger partial charge in [-0.15, -0.1) is 0 Å². The number of rotatable bonds is 4. The Morgan fingerprint density at radius 3 is 2.36 bits per heavy atom. The summed E-state index contributed by atoms with van der Waals surface area (Å²) in [5, 5.41) is 5.35. The fourth-order valence-corrected chi connectivity index (χ4v) is 1.72. The van der Waals surface area contributed by atoms with Crippen LogP contribution >= 0.6 is 0 Å². The highest BCUT2D eigenvalue weighted by atomic mass is 19.4. The van der Waals surface area contributed by atoms with Crippen molar-refractivity contribution in [2.75, 3.05) is 18.4 Å². The van der Waals surface area contributed by atoms with Gasteiger partial charge < -0.3 is 15.4 Å². The first-order valence-electron chi connectivity index (χ1n) is 6.87. The highest BCUT2D eigenvalue weighted by Crippen LogP contribution is 2.33. The van der Waals surface area contributed by atoms with Crippen molar-refractivity contribution in [1.29, 1.82) is 0 Å². The van der Waals surface area contributed by atoms with Gasteiger partial charge in [0, 0.05) is 18.8 Å². The average Bonchev–Trinajstić information content (AvgIpc) is 2.33. The summed E-state index contributed by atoms with van der Waals surface area (Å²) in [6.45, 7) is 7.18. The molecule has 0 unspecified atom stereocenters. The highest BCUT2D eigenvalue weighted by Gasteiger charge is 2.32. The summed E-state index contributed by atoms with van der Waals surface area (Å²) in [5.41, 5.74) is -0.734. The van der Waals surface area contributed by atoms with Crippen molar-refractivity contribution >= 4 is 11.8 Å². The molecule has 2 N–H and O–H groups in total. The summed E-state index contributed by atoms with van der Waals surface area (Å²) in [7, 11) is 0. The van der Waals surface area contributed by atoms with E-state index in [2.05, 4.69) is 10.6 Å². The molecule has 1 amide bonds. The molecule has 0 spiro atoms.